The van der Waals surface area contributed by atoms with Crippen LogP contribution in [0.1, 0.15) is 123 Å². The molecule has 1 aliphatic heterocycles. The van der Waals surface area contributed by atoms with Gasteiger partial charge in [-0.25, -0.2) is 4.79 Å². The number of esters is 1. The average molecular weight is 760 g/mol. The second kappa shape index (κ2) is 16.9. The molecule has 11 nitrogen and oxygen atoms in total. The predicted molar refractivity (Wildman–Crippen MR) is 204 cm³/mol. The van der Waals surface area contributed by atoms with Crippen LogP contribution in [0.2, 0.25) is 0 Å². The molecule has 1 unspecified atom stereocenters. The fraction of sp³-hybridized carbons (Fsp3) is 0.854. The van der Waals surface area contributed by atoms with Crippen molar-refractivity contribution in [3.63, 3.8) is 0 Å². The molecule has 4 fully saturated rings. The van der Waals surface area contributed by atoms with Crippen molar-refractivity contribution in [3.8, 4) is 5.88 Å². The highest BCUT2D eigenvalue weighted by Crippen LogP contribution is 2.68. The van der Waals surface area contributed by atoms with Gasteiger partial charge in [0.25, 0.3) is 5.88 Å². The van der Waals surface area contributed by atoms with Crippen LogP contribution in [0.3, 0.4) is 0 Å². The number of quaternary nitrogens is 1. The summed E-state index contributed by atoms with van der Waals surface area (Å²) >= 11 is 1.16. The number of amides is 1. The molecule has 4 saturated carbocycles. The van der Waals surface area contributed by atoms with Gasteiger partial charge < -0.3 is 30.1 Å². The SMILES string of the molecule is CCCCCCOc1nsnc1C1=CCC[N+](C)(COC(=O)CNC(=O)CC[C@@H](C)[C@H]2CC[C@H]3[C@@H]4[C@H](O)C[C@@H]5C[C@H](O)CC[C@]5(C)[C@H]4C[C@H](O)[C@]23C)C1. The highest BCUT2D eigenvalue weighted by Gasteiger charge is 2.65. The lowest BCUT2D eigenvalue weighted by Crippen LogP contribution is -2.62. The summed E-state index contributed by atoms with van der Waals surface area (Å²) in [6, 6.07) is 0. The van der Waals surface area contributed by atoms with Gasteiger partial charge >= 0.3 is 5.97 Å². The molecule has 0 bridgehead atoms. The maximum atomic E-state index is 13.0. The third-order valence-corrected chi connectivity index (χ3v) is 15.4. The first-order valence-corrected chi connectivity index (χ1v) is 21.5. The number of fused-ring (bicyclic) bond motifs is 5. The molecule has 2 heterocycles. The van der Waals surface area contributed by atoms with Gasteiger partial charge in [0.15, 0.2) is 0 Å². The Balaban J connectivity index is 0.945. The van der Waals surface area contributed by atoms with Crippen LogP contribution >= 0.6 is 11.7 Å². The number of likely N-dealkylation sites (N-methyl/N-ethyl adjacent to an activating group) is 1. The molecule has 12 heteroatoms. The molecule has 0 radical (unpaired) electrons. The number of carbonyl (C=O) groups is 2. The van der Waals surface area contributed by atoms with E-state index in [1.165, 1.54) is 12.8 Å². The summed E-state index contributed by atoms with van der Waals surface area (Å²) < 4.78 is 21.1. The molecule has 0 aromatic carbocycles. The van der Waals surface area contributed by atoms with E-state index < -0.39 is 18.2 Å². The van der Waals surface area contributed by atoms with E-state index in [0.29, 0.717) is 48.7 Å². The zero-order chi connectivity index (χ0) is 38.0. The third kappa shape index (κ3) is 8.52. The maximum Gasteiger partial charge on any atom is 0.329 e. The molecule has 1 amide bonds. The zero-order valence-electron chi connectivity index (χ0n) is 32.9. The normalized spacial score (nSPS) is 38.5. The fourth-order valence-electron chi connectivity index (χ4n) is 11.8. The third-order valence-electron chi connectivity index (χ3n) is 14.9. The van der Waals surface area contributed by atoms with Gasteiger partial charge in [0.05, 0.1) is 50.2 Å². The molecule has 4 N–H and O–H groups in total. The Labute approximate surface area is 321 Å². The summed E-state index contributed by atoms with van der Waals surface area (Å²) in [6.45, 7) is 11.1. The van der Waals surface area contributed by atoms with E-state index in [1.807, 2.05) is 0 Å². The van der Waals surface area contributed by atoms with Crippen molar-refractivity contribution in [1.29, 1.82) is 0 Å². The summed E-state index contributed by atoms with van der Waals surface area (Å²) in [7, 11) is 2.07. The van der Waals surface area contributed by atoms with Crippen molar-refractivity contribution >= 4 is 29.2 Å². The Morgan fingerprint density at radius 3 is 2.68 bits per heavy atom. The summed E-state index contributed by atoms with van der Waals surface area (Å²) in [5.41, 5.74) is 1.58. The van der Waals surface area contributed by atoms with Crippen LogP contribution in [0.15, 0.2) is 6.08 Å². The van der Waals surface area contributed by atoms with Crippen molar-refractivity contribution in [1.82, 2.24) is 14.1 Å². The highest BCUT2D eigenvalue weighted by molar-refractivity contribution is 6.99. The van der Waals surface area contributed by atoms with E-state index >= 15 is 0 Å². The minimum Gasteiger partial charge on any atom is -0.475 e. The number of carbonyl (C=O) groups excluding carboxylic acids is 2. The lowest BCUT2D eigenvalue weighted by atomic mass is 9.43. The monoisotopic (exact) mass is 759 g/mol. The lowest BCUT2D eigenvalue weighted by Gasteiger charge is -2.63. The van der Waals surface area contributed by atoms with E-state index in [1.54, 1.807) is 0 Å². The Bertz CT molecular complexity index is 1460. The molecule has 0 spiro atoms. The van der Waals surface area contributed by atoms with E-state index in [-0.39, 0.29) is 65.7 Å². The molecule has 12 atom stereocenters. The molecule has 53 heavy (non-hydrogen) atoms. The Hall–Kier alpha value is -2.12. The minimum absolute atomic E-state index is 0.0489. The second-order valence-corrected chi connectivity index (χ2v) is 18.8. The smallest absolute Gasteiger partial charge is 0.329 e. The Morgan fingerprint density at radius 1 is 1.08 bits per heavy atom. The lowest BCUT2D eigenvalue weighted by molar-refractivity contribution is -0.919. The predicted octanol–water partition coefficient (Wildman–Crippen LogP) is 5.73. The van der Waals surface area contributed by atoms with Gasteiger partial charge in [-0.05, 0) is 104 Å². The summed E-state index contributed by atoms with van der Waals surface area (Å²) in [6.07, 6.45) is 13.3. The van der Waals surface area contributed by atoms with Crippen LogP contribution in [0.4, 0.5) is 0 Å². The summed E-state index contributed by atoms with van der Waals surface area (Å²) in [5.74, 6) is 1.43. The van der Waals surface area contributed by atoms with Crippen molar-refractivity contribution in [3.05, 3.63) is 11.8 Å². The topological polar surface area (TPSA) is 151 Å². The molecule has 6 rings (SSSR count). The van der Waals surface area contributed by atoms with Crippen LogP contribution in [0.25, 0.3) is 5.57 Å². The molecular weight excluding hydrogens is 693 g/mol. The number of aliphatic hydroxyl groups is 3. The summed E-state index contributed by atoms with van der Waals surface area (Å²) in [5, 5.41) is 36.6. The van der Waals surface area contributed by atoms with Crippen LogP contribution in [0, 0.1) is 46.3 Å². The average Bonchev–Trinajstić information content (AvgIpc) is 3.75. The minimum atomic E-state index is -0.452. The molecule has 0 saturated heterocycles. The van der Waals surface area contributed by atoms with Crippen LogP contribution in [0.5, 0.6) is 5.88 Å². The number of aromatic nitrogens is 2. The van der Waals surface area contributed by atoms with Gasteiger partial charge in [0.2, 0.25) is 12.6 Å². The number of nitrogens with one attached hydrogen (secondary N) is 1. The standard InChI is InChI=1S/C41H66N4O7S/c1-6-7-8-9-19-51-39-38(43-53-44-39)27-11-10-18-45(5,24-27)25-52-36(50)23-42-35(49)15-12-26(2)30-13-14-31-37-32(22-34(48)41(30,31)4)40(3)17-16-29(46)20-28(40)21-33(37)47/h11,26,28-34,37,46-48H,6-10,12-25H2,1-5H3/p+1/t26-,28+,29-,30-,31+,32+,33-,34+,37+,40+,41-,45?/m1/s1. The number of hydrogen-bond donors (Lipinski definition) is 4. The number of nitrogens with zero attached hydrogens (tertiary/aromatic N) is 3. The summed E-state index contributed by atoms with van der Waals surface area (Å²) in [4.78, 5) is 25.7. The molecule has 5 aliphatic rings. The van der Waals surface area contributed by atoms with Crippen LogP contribution in [-0.4, -0.2) is 98.8 Å². The van der Waals surface area contributed by atoms with Gasteiger partial charge in [-0.3, -0.25) is 9.28 Å². The van der Waals surface area contributed by atoms with E-state index in [2.05, 4.69) is 54.9 Å². The van der Waals surface area contributed by atoms with E-state index in [4.69, 9.17) is 9.47 Å². The highest BCUT2D eigenvalue weighted by atomic mass is 32.1. The maximum absolute atomic E-state index is 13.0. The van der Waals surface area contributed by atoms with E-state index in [9.17, 15) is 24.9 Å². The number of hydrogen-bond acceptors (Lipinski definition) is 10. The van der Waals surface area contributed by atoms with Gasteiger partial charge in [0.1, 0.15) is 18.8 Å². The number of aliphatic hydroxyl groups excluding tert-OH is 3. The van der Waals surface area contributed by atoms with Crippen molar-refractivity contribution in [2.75, 3.05) is 40.0 Å². The quantitative estimate of drug-likeness (QED) is 0.1000. The molecule has 1 aromatic rings. The Kier molecular flexibility index (Phi) is 13.0. The number of unbranched alkanes of at least 4 members (excludes halogenated alkanes) is 3. The van der Waals surface area contributed by atoms with Gasteiger partial charge in [-0.15, -0.1) is 4.37 Å². The Morgan fingerprint density at radius 2 is 1.89 bits per heavy atom. The first-order valence-electron chi connectivity index (χ1n) is 20.7. The second-order valence-electron chi connectivity index (χ2n) is 18.3. The number of rotatable bonds is 15. The van der Waals surface area contributed by atoms with Gasteiger partial charge in [-0.1, -0.05) is 53.0 Å². The zero-order valence-corrected chi connectivity index (χ0v) is 33.7. The van der Waals surface area contributed by atoms with Crippen LogP contribution in [-0.2, 0) is 14.3 Å². The first-order chi connectivity index (χ1) is 25.3. The number of ether oxygens (including phenoxy) is 2. The fourth-order valence-corrected chi connectivity index (χ4v) is 12.3. The van der Waals surface area contributed by atoms with Crippen LogP contribution < -0.4 is 10.1 Å². The van der Waals surface area contributed by atoms with Gasteiger partial charge in [0, 0.05) is 18.4 Å². The first kappa shape index (κ1) is 40.5. The molecular formula is C41H67N4O7S+. The molecule has 4 aliphatic carbocycles. The van der Waals surface area contributed by atoms with Crippen molar-refractivity contribution < 1.29 is 38.9 Å². The van der Waals surface area contributed by atoms with Gasteiger partial charge in [-0.2, -0.15) is 4.37 Å². The largest absolute Gasteiger partial charge is 0.475 e. The van der Waals surface area contributed by atoms with Crippen molar-refractivity contribution in [2.45, 2.75) is 136 Å². The van der Waals surface area contributed by atoms with E-state index in [0.717, 1.165) is 87.3 Å². The molecule has 1 aromatic heterocycles. The van der Waals surface area contributed by atoms with Crippen molar-refractivity contribution in [2.24, 2.45) is 46.3 Å². The molecule has 298 valence electrons.